The minimum Gasteiger partial charge on any atom is -0.336 e. The van der Waals surface area contributed by atoms with Crippen LogP contribution in [0.2, 0.25) is 0 Å². The van der Waals surface area contributed by atoms with Gasteiger partial charge in [-0.15, -0.1) is 0 Å². The summed E-state index contributed by atoms with van der Waals surface area (Å²) >= 11 is 0. The van der Waals surface area contributed by atoms with E-state index in [0.717, 1.165) is 25.3 Å². The van der Waals surface area contributed by atoms with E-state index in [1.54, 1.807) is 23.2 Å². The normalized spacial score (nSPS) is 15.8. The first-order chi connectivity index (χ1) is 10.7. The van der Waals surface area contributed by atoms with Gasteiger partial charge >= 0.3 is 0 Å². The molecule has 1 saturated heterocycles. The van der Waals surface area contributed by atoms with Gasteiger partial charge in [0.1, 0.15) is 5.82 Å². The van der Waals surface area contributed by atoms with Crippen LogP contribution in [0.3, 0.4) is 0 Å². The molecule has 2 heterocycles. The number of nitrogens with zero attached hydrogens (tertiary/aromatic N) is 3. The number of hydrogen-bond donors (Lipinski definition) is 0. The molecule has 0 bridgehead atoms. The molecule has 3 rings (SSSR count). The summed E-state index contributed by atoms with van der Waals surface area (Å²) in [5.74, 6) is -0.681. The monoisotopic (exact) mass is 299 g/mol. The largest absolute Gasteiger partial charge is 0.336 e. The summed E-state index contributed by atoms with van der Waals surface area (Å²) in [6.45, 7) is 3.55. The predicted molar refractivity (Wildman–Crippen MR) is 81.8 cm³/mol. The van der Waals surface area contributed by atoms with Crippen LogP contribution in [0.4, 0.5) is 4.39 Å². The Morgan fingerprint density at radius 2 is 1.77 bits per heavy atom. The van der Waals surface area contributed by atoms with Crippen LogP contribution in [0.5, 0.6) is 0 Å². The molecule has 1 aromatic heterocycles. The van der Waals surface area contributed by atoms with Gasteiger partial charge in [-0.2, -0.15) is 0 Å². The van der Waals surface area contributed by atoms with Crippen molar-refractivity contribution in [1.82, 2.24) is 14.8 Å². The van der Waals surface area contributed by atoms with Gasteiger partial charge in [0, 0.05) is 38.9 Å². The Bertz CT molecular complexity index is 639. The molecule has 2 aromatic rings. The van der Waals surface area contributed by atoms with Crippen LogP contribution in [0.1, 0.15) is 16.1 Å². The molecule has 1 aliphatic heterocycles. The maximum Gasteiger partial charge on any atom is 0.256 e. The molecular weight excluding hydrogens is 281 g/mol. The van der Waals surface area contributed by atoms with Gasteiger partial charge in [0.2, 0.25) is 0 Å². The molecule has 1 fully saturated rings. The molecule has 0 unspecified atom stereocenters. The number of piperazine rings is 1. The lowest BCUT2D eigenvalue weighted by molar-refractivity contribution is 0.0622. The van der Waals surface area contributed by atoms with E-state index in [1.807, 2.05) is 18.2 Å². The van der Waals surface area contributed by atoms with Crippen molar-refractivity contribution >= 4 is 5.91 Å². The number of hydrogen-bond acceptors (Lipinski definition) is 3. The second kappa shape index (κ2) is 6.66. The first-order valence-corrected chi connectivity index (χ1v) is 7.40. The number of amides is 1. The molecule has 0 N–H and O–H groups in total. The molecule has 5 heteroatoms. The molecule has 4 nitrogen and oxygen atoms in total. The Morgan fingerprint density at radius 1 is 1.05 bits per heavy atom. The van der Waals surface area contributed by atoms with Crippen LogP contribution in [0.15, 0.2) is 48.7 Å². The van der Waals surface area contributed by atoms with Crippen molar-refractivity contribution in [3.05, 3.63) is 65.7 Å². The second-order valence-electron chi connectivity index (χ2n) is 5.37. The van der Waals surface area contributed by atoms with Crippen molar-refractivity contribution in [2.75, 3.05) is 26.2 Å². The maximum atomic E-state index is 13.7. The number of carbonyl (C=O) groups excluding carboxylic acids is 1. The van der Waals surface area contributed by atoms with E-state index in [9.17, 15) is 9.18 Å². The summed E-state index contributed by atoms with van der Waals surface area (Å²) in [5.41, 5.74) is 1.18. The van der Waals surface area contributed by atoms with E-state index >= 15 is 0 Å². The number of pyridine rings is 1. The van der Waals surface area contributed by atoms with Gasteiger partial charge in [-0.1, -0.05) is 18.2 Å². The predicted octanol–water partition coefficient (Wildman–Crippen LogP) is 2.18. The highest BCUT2D eigenvalue weighted by molar-refractivity contribution is 5.94. The minimum atomic E-state index is -0.455. The summed E-state index contributed by atoms with van der Waals surface area (Å²) in [4.78, 5) is 20.6. The zero-order valence-electron chi connectivity index (χ0n) is 12.3. The molecule has 114 valence electrons. The van der Waals surface area contributed by atoms with E-state index in [-0.39, 0.29) is 11.5 Å². The van der Waals surface area contributed by atoms with Gasteiger partial charge in [0.15, 0.2) is 0 Å². The number of rotatable bonds is 3. The Kier molecular flexibility index (Phi) is 4.44. The number of benzene rings is 1. The van der Waals surface area contributed by atoms with E-state index < -0.39 is 5.82 Å². The highest BCUT2D eigenvalue weighted by Crippen LogP contribution is 2.13. The Morgan fingerprint density at radius 3 is 2.45 bits per heavy atom. The minimum absolute atomic E-state index is 0.153. The molecule has 0 aliphatic carbocycles. The SMILES string of the molecule is O=C(c1ccccc1F)N1CCN(Cc2ccccn2)CC1. The van der Waals surface area contributed by atoms with Gasteiger partial charge in [0.25, 0.3) is 5.91 Å². The lowest BCUT2D eigenvalue weighted by Gasteiger charge is -2.34. The zero-order chi connectivity index (χ0) is 15.4. The lowest BCUT2D eigenvalue weighted by atomic mass is 10.1. The second-order valence-corrected chi connectivity index (χ2v) is 5.37. The molecular formula is C17H18FN3O. The molecule has 1 aliphatic rings. The summed E-state index contributed by atoms with van der Waals surface area (Å²) in [7, 11) is 0. The van der Waals surface area contributed by atoms with E-state index in [1.165, 1.54) is 12.1 Å². The first kappa shape index (κ1) is 14.7. The quantitative estimate of drug-likeness (QED) is 0.871. The molecule has 1 aromatic carbocycles. The Labute approximate surface area is 129 Å². The molecule has 0 atom stereocenters. The van der Waals surface area contributed by atoms with Crippen LogP contribution in [0, 0.1) is 5.82 Å². The highest BCUT2D eigenvalue weighted by atomic mass is 19.1. The first-order valence-electron chi connectivity index (χ1n) is 7.40. The van der Waals surface area contributed by atoms with Crippen molar-refractivity contribution in [2.45, 2.75) is 6.54 Å². The van der Waals surface area contributed by atoms with Gasteiger partial charge in [-0.3, -0.25) is 14.7 Å². The maximum absolute atomic E-state index is 13.7. The van der Waals surface area contributed by atoms with Crippen LogP contribution < -0.4 is 0 Å². The van der Waals surface area contributed by atoms with Crippen molar-refractivity contribution in [3.63, 3.8) is 0 Å². The van der Waals surface area contributed by atoms with Gasteiger partial charge < -0.3 is 4.90 Å². The molecule has 0 spiro atoms. The van der Waals surface area contributed by atoms with Gasteiger partial charge in [0.05, 0.1) is 11.3 Å². The Hall–Kier alpha value is -2.27. The smallest absolute Gasteiger partial charge is 0.256 e. The van der Waals surface area contributed by atoms with E-state index in [0.29, 0.717) is 13.1 Å². The fourth-order valence-corrected chi connectivity index (χ4v) is 2.63. The zero-order valence-corrected chi connectivity index (χ0v) is 12.3. The van der Waals surface area contributed by atoms with Crippen molar-refractivity contribution in [2.24, 2.45) is 0 Å². The van der Waals surface area contributed by atoms with Crippen LogP contribution >= 0.6 is 0 Å². The van der Waals surface area contributed by atoms with Crippen molar-refractivity contribution in [1.29, 1.82) is 0 Å². The third-order valence-corrected chi connectivity index (χ3v) is 3.88. The summed E-state index contributed by atoms with van der Waals surface area (Å²) in [6.07, 6.45) is 1.79. The van der Waals surface area contributed by atoms with Crippen LogP contribution in [0.25, 0.3) is 0 Å². The number of halogens is 1. The lowest BCUT2D eigenvalue weighted by Crippen LogP contribution is -2.48. The average molecular weight is 299 g/mol. The topological polar surface area (TPSA) is 36.4 Å². The third-order valence-electron chi connectivity index (χ3n) is 3.88. The van der Waals surface area contributed by atoms with E-state index in [4.69, 9.17) is 0 Å². The molecule has 0 saturated carbocycles. The summed E-state index contributed by atoms with van der Waals surface area (Å²) in [6, 6.07) is 12.0. The molecule has 1 amide bonds. The summed E-state index contributed by atoms with van der Waals surface area (Å²) in [5, 5.41) is 0. The number of aromatic nitrogens is 1. The average Bonchev–Trinajstić information content (AvgIpc) is 2.56. The van der Waals surface area contributed by atoms with Gasteiger partial charge in [-0.25, -0.2) is 4.39 Å². The summed E-state index contributed by atoms with van der Waals surface area (Å²) < 4.78 is 13.7. The van der Waals surface area contributed by atoms with Crippen molar-refractivity contribution < 1.29 is 9.18 Å². The Balaban J connectivity index is 1.58. The van der Waals surface area contributed by atoms with Crippen molar-refractivity contribution in [3.8, 4) is 0 Å². The fourth-order valence-electron chi connectivity index (χ4n) is 2.63. The van der Waals surface area contributed by atoms with Crippen LogP contribution in [-0.4, -0.2) is 46.9 Å². The third kappa shape index (κ3) is 3.31. The molecule has 0 radical (unpaired) electrons. The van der Waals surface area contributed by atoms with Crippen LogP contribution in [-0.2, 0) is 6.54 Å². The standard InChI is InChI=1S/C17H18FN3O/c18-16-7-2-1-6-15(16)17(22)21-11-9-20(10-12-21)13-14-5-3-4-8-19-14/h1-8H,9-13H2. The number of carbonyl (C=O) groups is 1. The molecule has 22 heavy (non-hydrogen) atoms. The van der Waals surface area contributed by atoms with Gasteiger partial charge in [-0.05, 0) is 24.3 Å². The fraction of sp³-hybridized carbons (Fsp3) is 0.294. The highest BCUT2D eigenvalue weighted by Gasteiger charge is 2.23. The van der Waals surface area contributed by atoms with E-state index in [2.05, 4.69) is 9.88 Å².